The molecule has 0 saturated heterocycles. The summed E-state index contributed by atoms with van der Waals surface area (Å²) < 4.78 is 10.5. The summed E-state index contributed by atoms with van der Waals surface area (Å²) in [5.41, 5.74) is 0.600. The number of benzene rings is 1. The summed E-state index contributed by atoms with van der Waals surface area (Å²) in [6.45, 7) is 0. The van der Waals surface area contributed by atoms with Crippen LogP contribution in [0, 0.1) is 5.92 Å². The molecule has 0 unspecified atom stereocenters. The summed E-state index contributed by atoms with van der Waals surface area (Å²) in [5, 5.41) is 14.6. The molecule has 3 aromatic rings. The van der Waals surface area contributed by atoms with Crippen molar-refractivity contribution in [2.45, 2.75) is 55.9 Å². The molecule has 1 saturated carbocycles. The first-order valence-corrected chi connectivity index (χ1v) is 11.5. The van der Waals surface area contributed by atoms with Gasteiger partial charge in [0, 0.05) is 6.42 Å². The van der Waals surface area contributed by atoms with Crippen molar-refractivity contribution < 1.29 is 14.1 Å². The SMILES string of the molecule is COc1ccccc1NC(=O)Cc1noc(CSc2n[nH]c(CCC3CCCC3)n2)n1. The number of anilines is 1. The number of thioether (sulfide) groups is 1. The lowest BCUT2D eigenvalue weighted by atomic mass is 10.0. The van der Waals surface area contributed by atoms with Crippen LogP contribution in [0.5, 0.6) is 5.75 Å². The van der Waals surface area contributed by atoms with Crippen molar-refractivity contribution in [1.29, 1.82) is 0 Å². The van der Waals surface area contributed by atoms with Crippen molar-refractivity contribution in [2.75, 3.05) is 12.4 Å². The van der Waals surface area contributed by atoms with Gasteiger partial charge in [-0.15, -0.1) is 5.10 Å². The molecule has 0 aliphatic heterocycles. The van der Waals surface area contributed by atoms with Gasteiger partial charge in [-0.3, -0.25) is 9.89 Å². The molecule has 0 atom stereocenters. The molecule has 164 valence electrons. The van der Waals surface area contributed by atoms with E-state index in [1.165, 1.54) is 43.9 Å². The topological polar surface area (TPSA) is 119 Å². The summed E-state index contributed by atoms with van der Waals surface area (Å²) in [4.78, 5) is 21.1. The normalized spacial score (nSPS) is 14.1. The van der Waals surface area contributed by atoms with Crippen LogP contribution in [-0.4, -0.2) is 38.3 Å². The van der Waals surface area contributed by atoms with Gasteiger partial charge in [0.05, 0.1) is 25.0 Å². The van der Waals surface area contributed by atoms with Crippen molar-refractivity contribution in [1.82, 2.24) is 25.3 Å². The first kappa shape index (κ1) is 21.4. The Labute approximate surface area is 184 Å². The van der Waals surface area contributed by atoms with E-state index in [1.54, 1.807) is 19.2 Å². The predicted molar refractivity (Wildman–Crippen MR) is 116 cm³/mol. The highest BCUT2D eigenvalue weighted by Crippen LogP contribution is 2.28. The van der Waals surface area contributed by atoms with Crippen molar-refractivity contribution >= 4 is 23.4 Å². The summed E-state index contributed by atoms with van der Waals surface area (Å²) >= 11 is 1.43. The number of methoxy groups -OCH3 is 1. The van der Waals surface area contributed by atoms with Gasteiger partial charge in [-0.1, -0.05) is 54.7 Å². The van der Waals surface area contributed by atoms with E-state index in [1.807, 2.05) is 12.1 Å². The quantitative estimate of drug-likeness (QED) is 0.455. The van der Waals surface area contributed by atoms with E-state index in [2.05, 4.69) is 30.6 Å². The maximum Gasteiger partial charge on any atom is 0.237 e. The Hall–Kier alpha value is -2.88. The van der Waals surface area contributed by atoms with Crippen molar-refractivity contribution in [3.8, 4) is 5.75 Å². The fraction of sp³-hybridized carbons (Fsp3) is 0.476. The standard InChI is InChI=1S/C21H26N6O3S/c1-29-16-9-5-4-8-15(16)22-19(28)12-18-23-20(30-27-18)13-31-21-24-17(25-26-21)11-10-14-6-2-3-7-14/h4-5,8-9,14H,2-3,6-7,10-13H2,1H3,(H,22,28)(H,24,25,26). The largest absolute Gasteiger partial charge is 0.495 e. The van der Waals surface area contributed by atoms with E-state index >= 15 is 0 Å². The summed E-state index contributed by atoms with van der Waals surface area (Å²) in [6, 6.07) is 7.21. The van der Waals surface area contributed by atoms with Gasteiger partial charge in [0.1, 0.15) is 11.6 Å². The number of nitrogens with zero attached hydrogens (tertiary/aromatic N) is 4. The molecule has 1 amide bonds. The second-order valence-corrected chi connectivity index (χ2v) is 8.51. The van der Waals surface area contributed by atoms with E-state index < -0.39 is 0 Å². The van der Waals surface area contributed by atoms with Gasteiger partial charge in [-0.25, -0.2) is 4.98 Å². The molecule has 0 spiro atoms. The number of para-hydroxylation sites is 2. The zero-order chi connectivity index (χ0) is 21.5. The number of aromatic nitrogens is 5. The molecule has 10 heteroatoms. The molecule has 1 fully saturated rings. The predicted octanol–water partition coefficient (Wildman–Crippen LogP) is 3.79. The summed E-state index contributed by atoms with van der Waals surface area (Å²) in [6.07, 6.45) is 7.51. The molecule has 1 aliphatic rings. The van der Waals surface area contributed by atoms with Crippen molar-refractivity contribution in [3.05, 3.63) is 41.8 Å². The minimum atomic E-state index is -0.245. The third-order valence-corrected chi connectivity index (χ3v) is 6.14. The first-order chi connectivity index (χ1) is 15.2. The van der Waals surface area contributed by atoms with E-state index in [0.29, 0.717) is 34.1 Å². The zero-order valence-corrected chi connectivity index (χ0v) is 18.3. The molecule has 1 aliphatic carbocycles. The number of hydrogen-bond donors (Lipinski definition) is 2. The van der Waals surface area contributed by atoms with Gasteiger partial charge in [-0.05, 0) is 24.5 Å². The number of amides is 1. The maximum absolute atomic E-state index is 12.3. The fourth-order valence-corrected chi connectivity index (χ4v) is 4.38. The lowest BCUT2D eigenvalue weighted by Gasteiger charge is -2.08. The van der Waals surface area contributed by atoms with Crippen LogP contribution in [-0.2, 0) is 23.4 Å². The number of aryl methyl sites for hydroxylation is 1. The fourth-order valence-electron chi connectivity index (χ4n) is 3.73. The smallest absolute Gasteiger partial charge is 0.237 e. The molecule has 2 heterocycles. The van der Waals surface area contributed by atoms with E-state index in [4.69, 9.17) is 9.26 Å². The molecule has 0 bridgehead atoms. The molecule has 2 aromatic heterocycles. The minimum Gasteiger partial charge on any atom is -0.495 e. The highest BCUT2D eigenvalue weighted by Gasteiger charge is 2.16. The number of carbonyl (C=O) groups is 1. The average molecular weight is 443 g/mol. The highest BCUT2D eigenvalue weighted by atomic mass is 32.2. The van der Waals surface area contributed by atoms with Crippen molar-refractivity contribution in [2.24, 2.45) is 5.92 Å². The molecule has 2 N–H and O–H groups in total. The Bertz CT molecular complexity index is 998. The lowest BCUT2D eigenvalue weighted by molar-refractivity contribution is -0.115. The Balaban J connectivity index is 1.23. The van der Waals surface area contributed by atoms with Crippen LogP contribution in [0.3, 0.4) is 0 Å². The Kier molecular flexibility index (Phi) is 7.18. The molecular formula is C21H26N6O3S. The van der Waals surface area contributed by atoms with Crippen LogP contribution >= 0.6 is 11.8 Å². The number of H-pyrrole nitrogens is 1. The first-order valence-electron chi connectivity index (χ1n) is 10.5. The molecule has 1 aromatic carbocycles. The van der Waals surface area contributed by atoms with E-state index in [0.717, 1.165) is 18.2 Å². The Morgan fingerprint density at radius 2 is 2.13 bits per heavy atom. The number of hydrogen-bond acceptors (Lipinski definition) is 8. The van der Waals surface area contributed by atoms with Crippen LogP contribution in [0.25, 0.3) is 0 Å². The Morgan fingerprint density at radius 3 is 2.97 bits per heavy atom. The second kappa shape index (κ2) is 10.4. The van der Waals surface area contributed by atoms with Gasteiger partial charge in [0.15, 0.2) is 5.82 Å². The van der Waals surface area contributed by atoms with Crippen LogP contribution in [0.4, 0.5) is 5.69 Å². The van der Waals surface area contributed by atoms with E-state index in [9.17, 15) is 4.79 Å². The van der Waals surface area contributed by atoms with Crippen LogP contribution in [0.15, 0.2) is 33.9 Å². The van der Waals surface area contributed by atoms with Gasteiger partial charge < -0.3 is 14.6 Å². The van der Waals surface area contributed by atoms with Crippen LogP contribution in [0.1, 0.15) is 49.6 Å². The van der Waals surface area contributed by atoms with Gasteiger partial charge in [0.25, 0.3) is 0 Å². The summed E-state index contributed by atoms with van der Waals surface area (Å²) in [5.74, 6) is 3.31. The monoisotopic (exact) mass is 442 g/mol. The van der Waals surface area contributed by atoms with Crippen LogP contribution < -0.4 is 10.1 Å². The third-order valence-electron chi connectivity index (χ3n) is 5.31. The van der Waals surface area contributed by atoms with Crippen molar-refractivity contribution in [3.63, 3.8) is 0 Å². The number of aromatic amines is 1. The molecule has 9 nitrogen and oxygen atoms in total. The lowest BCUT2D eigenvalue weighted by Crippen LogP contribution is -2.15. The number of nitrogens with one attached hydrogen (secondary N) is 2. The number of rotatable bonds is 10. The van der Waals surface area contributed by atoms with Gasteiger partial charge >= 0.3 is 0 Å². The van der Waals surface area contributed by atoms with Gasteiger partial charge in [0.2, 0.25) is 17.0 Å². The zero-order valence-electron chi connectivity index (χ0n) is 17.5. The summed E-state index contributed by atoms with van der Waals surface area (Å²) in [7, 11) is 1.56. The molecule has 0 radical (unpaired) electrons. The van der Waals surface area contributed by atoms with E-state index in [-0.39, 0.29) is 12.3 Å². The number of ether oxygens (including phenoxy) is 1. The third kappa shape index (κ3) is 6.06. The second-order valence-electron chi connectivity index (χ2n) is 7.57. The maximum atomic E-state index is 12.3. The highest BCUT2D eigenvalue weighted by molar-refractivity contribution is 7.98. The minimum absolute atomic E-state index is 0.0121. The number of carbonyl (C=O) groups excluding carboxylic acids is 1. The van der Waals surface area contributed by atoms with Crippen LogP contribution in [0.2, 0.25) is 0 Å². The molecular weight excluding hydrogens is 416 g/mol. The molecule has 31 heavy (non-hydrogen) atoms. The average Bonchev–Trinajstić information content (AvgIpc) is 3.53. The Morgan fingerprint density at radius 1 is 1.29 bits per heavy atom. The van der Waals surface area contributed by atoms with Gasteiger partial charge in [-0.2, -0.15) is 4.98 Å². The molecule has 4 rings (SSSR count).